The number of carbonyl (C=O) groups excluding carboxylic acids is 3. The van der Waals surface area contributed by atoms with Crippen LogP contribution in [0.15, 0.2) is 54.6 Å². The molecule has 0 aliphatic rings. The average molecular weight is 496 g/mol. The van der Waals surface area contributed by atoms with Gasteiger partial charge in [0.25, 0.3) is 5.91 Å². The predicted molar refractivity (Wildman–Crippen MR) is 140 cm³/mol. The van der Waals surface area contributed by atoms with E-state index in [2.05, 4.69) is 29.3 Å². The summed E-state index contributed by atoms with van der Waals surface area (Å²) in [7, 11) is 0. The van der Waals surface area contributed by atoms with Gasteiger partial charge in [-0.05, 0) is 43.9 Å². The van der Waals surface area contributed by atoms with E-state index in [1.54, 1.807) is 32.9 Å². The van der Waals surface area contributed by atoms with Gasteiger partial charge in [-0.25, -0.2) is 4.79 Å². The van der Waals surface area contributed by atoms with Gasteiger partial charge in [-0.2, -0.15) is 12.6 Å². The second kappa shape index (κ2) is 12.9. The first-order valence-corrected chi connectivity index (χ1v) is 12.0. The van der Waals surface area contributed by atoms with Crippen LogP contribution in [0.1, 0.15) is 50.4 Å². The Labute approximate surface area is 213 Å². The van der Waals surface area contributed by atoms with Crippen LogP contribution in [0.5, 0.6) is 0 Å². The molecule has 2 aromatic rings. The quantitative estimate of drug-likeness (QED) is 0.280. The monoisotopic (exact) mass is 495 g/mol. The number of benzene rings is 2. The van der Waals surface area contributed by atoms with Crippen molar-refractivity contribution in [1.82, 2.24) is 15.5 Å². The Morgan fingerprint density at radius 2 is 1.69 bits per heavy atom. The van der Waals surface area contributed by atoms with E-state index < -0.39 is 35.6 Å². The van der Waals surface area contributed by atoms with Crippen molar-refractivity contribution in [3.05, 3.63) is 71.3 Å². The third-order valence-electron chi connectivity index (χ3n) is 5.07. The van der Waals surface area contributed by atoms with Gasteiger partial charge in [0, 0.05) is 18.3 Å². The van der Waals surface area contributed by atoms with E-state index >= 15 is 0 Å². The lowest BCUT2D eigenvalue weighted by atomic mass is 10.0. The Bertz CT molecular complexity index is 1040. The molecule has 7 nitrogen and oxygen atoms in total. The van der Waals surface area contributed by atoms with Crippen LogP contribution >= 0.6 is 12.6 Å². The Morgan fingerprint density at radius 1 is 1.06 bits per heavy atom. The number of aryl methyl sites for hydroxylation is 1. The van der Waals surface area contributed by atoms with Crippen LogP contribution in [0.4, 0.5) is 4.79 Å². The number of hydrogen-bond acceptors (Lipinski definition) is 5. The number of ether oxygens (including phenoxy) is 1. The molecule has 186 valence electrons. The van der Waals surface area contributed by atoms with E-state index in [9.17, 15) is 14.4 Å². The zero-order valence-electron chi connectivity index (χ0n) is 20.6. The van der Waals surface area contributed by atoms with E-state index in [1.165, 1.54) is 0 Å². The van der Waals surface area contributed by atoms with Gasteiger partial charge in [0.05, 0.1) is 0 Å². The summed E-state index contributed by atoms with van der Waals surface area (Å²) in [5, 5.41) is 5.37. The molecule has 0 aromatic heterocycles. The van der Waals surface area contributed by atoms with Crippen molar-refractivity contribution < 1.29 is 19.1 Å². The lowest BCUT2D eigenvalue weighted by Gasteiger charge is -2.30. The molecule has 2 unspecified atom stereocenters. The zero-order valence-corrected chi connectivity index (χ0v) is 21.5. The highest BCUT2D eigenvalue weighted by Gasteiger charge is 2.35. The highest BCUT2D eigenvalue weighted by atomic mass is 32.1. The molecule has 0 saturated carbocycles. The molecule has 0 radical (unpaired) electrons. The number of nitrogens with one attached hydrogen (secondary N) is 2. The molecule has 0 saturated heterocycles. The van der Waals surface area contributed by atoms with Crippen LogP contribution in [0.3, 0.4) is 0 Å². The SMILES string of the molecule is C#CN(C(=O)C(CS)NC(=O)OC(C)(C)C)C(C(=O)NCc1ccccc1)c1ccc(CC)cc1. The van der Waals surface area contributed by atoms with Crippen molar-refractivity contribution in [2.45, 2.75) is 58.3 Å². The molecule has 2 N–H and O–H groups in total. The van der Waals surface area contributed by atoms with Gasteiger partial charge in [0.2, 0.25) is 5.91 Å². The topological polar surface area (TPSA) is 87.7 Å². The summed E-state index contributed by atoms with van der Waals surface area (Å²) in [4.78, 5) is 40.1. The molecular weight excluding hydrogens is 462 g/mol. The Hall–Kier alpha value is -3.44. The van der Waals surface area contributed by atoms with E-state index in [4.69, 9.17) is 11.2 Å². The van der Waals surface area contributed by atoms with Crippen LogP contribution in [0, 0.1) is 12.5 Å². The Morgan fingerprint density at radius 3 is 2.20 bits per heavy atom. The molecule has 0 spiro atoms. The van der Waals surface area contributed by atoms with Crippen LogP contribution in [0.25, 0.3) is 0 Å². The highest BCUT2D eigenvalue weighted by molar-refractivity contribution is 7.80. The van der Waals surface area contributed by atoms with Crippen molar-refractivity contribution in [2.24, 2.45) is 0 Å². The standard InChI is InChI=1S/C27H33N3O4S/c1-6-19-13-15-21(16-14-19)23(24(31)28-17-20-11-9-8-10-12-20)30(7-2)25(32)22(18-35)29-26(33)34-27(3,4)5/h2,8-16,22-23,35H,6,17-18H2,1,3-5H3,(H,28,31)(H,29,33). The Balaban J connectivity index is 2.33. The molecule has 0 aliphatic heterocycles. The minimum atomic E-state index is -1.11. The van der Waals surface area contributed by atoms with Crippen molar-refractivity contribution in [3.63, 3.8) is 0 Å². The predicted octanol–water partition coefficient (Wildman–Crippen LogP) is 3.85. The van der Waals surface area contributed by atoms with Gasteiger partial charge in [0.1, 0.15) is 17.7 Å². The van der Waals surface area contributed by atoms with Crippen molar-refractivity contribution in [1.29, 1.82) is 0 Å². The highest BCUT2D eigenvalue weighted by Crippen LogP contribution is 2.23. The van der Waals surface area contributed by atoms with E-state index in [1.807, 2.05) is 49.4 Å². The maximum Gasteiger partial charge on any atom is 0.408 e. The van der Waals surface area contributed by atoms with Gasteiger partial charge in [-0.15, -0.1) is 0 Å². The molecule has 0 heterocycles. The first-order chi connectivity index (χ1) is 16.6. The summed E-state index contributed by atoms with van der Waals surface area (Å²) in [6.07, 6.45) is 5.79. The largest absolute Gasteiger partial charge is 0.444 e. The fourth-order valence-corrected chi connectivity index (χ4v) is 3.55. The molecule has 0 bridgehead atoms. The van der Waals surface area contributed by atoms with E-state index in [0.717, 1.165) is 22.4 Å². The van der Waals surface area contributed by atoms with Crippen LogP contribution in [-0.2, 0) is 27.3 Å². The van der Waals surface area contributed by atoms with E-state index in [-0.39, 0.29) is 12.3 Å². The third-order valence-corrected chi connectivity index (χ3v) is 5.43. The number of terminal acetylenes is 1. The summed E-state index contributed by atoms with van der Waals surface area (Å²) in [6.45, 7) is 7.43. The minimum Gasteiger partial charge on any atom is -0.444 e. The number of alkyl carbamates (subject to hydrolysis) is 1. The van der Waals surface area contributed by atoms with Crippen molar-refractivity contribution >= 4 is 30.5 Å². The molecular formula is C27H33N3O4S. The Kier molecular flexibility index (Phi) is 10.2. The summed E-state index contributed by atoms with van der Waals surface area (Å²) < 4.78 is 5.25. The number of thiol groups is 1. The van der Waals surface area contributed by atoms with E-state index in [0.29, 0.717) is 5.56 Å². The summed E-state index contributed by atoms with van der Waals surface area (Å²) in [5.41, 5.74) is 1.78. The average Bonchev–Trinajstić information content (AvgIpc) is 2.83. The second-order valence-electron chi connectivity index (χ2n) is 8.92. The molecule has 2 aromatic carbocycles. The van der Waals surface area contributed by atoms with Crippen LogP contribution < -0.4 is 10.6 Å². The van der Waals surface area contributed by atoms with Crippen LogP contribution in [-0.4, -0.2) is 40.2 Å². The number of nitrogens with zero attached hydrogens (tertiary/aromatic N) is 1. The van der Waals surface area contributed by atoms with Crippen molar-refractivity contribution in [3.8, 4) is 12.5 Å². The third kappa shape index (κ3) is 8.37. The summed E-state index contributed by atoms with van der Waals surface area (Å²) in [6, 6.07) is 16.9. The molecule has 2 rings (SSSR count). The zero-order chi connectivity index (χ0) is 26.0. The first kappa shape index (κ1) is 27.8. The fourth-order valence-electron chi connectivity index (χ4n) is 3.30. The number of rotatable bonds is 9. The maximum atomic E-state index is 13.4. The minimum absolute atomic E-state index is 0.0383. The molecule has 35 heavy (non-hydrogen) atoms. The maximum absolute atomic E-state index is 13.4. The number of amides is 3. The van der Waals surface area contributed by atoms with Gasteiger partial charge >= 0.3 is 6.09 Å². The lowest BCUT2D eigenvalue weighted by molar-refractivity contribution is -0.138. The molecule has 0 aliphatic carbocycles. The van der Waals surface area contributed by atoms with Gasteiger partial charge in [0.15, 0.2) is 0 Å². The summed E-state index contributed by atoms with van der Waals surface area (Å²) >= 11 is 4.21. The second-order valence-corrected chi connectivity index (χ2v) is 9.28. The van der Waals surface area contributed by atoms with Crippen LogP contribution in [0.2, 0.25) is 0 Å². The smallest absolute Gasteiger partial charge is 0.408 e. The fraction of sp³-hybridized carbons (Fsp3) is 0.370. The first-order valence-electron chi connectivity index (χ1n) is 11.4. The molecule has 3 amide bonds. The normalized spacial score (nSPS) is 12.6. The molecule has 8 heteroatoms. The molecule has 2 atom stereocenters. The number of hydrogen-bond donors (Lipinski definition) is 3. The van der Waals surface area contributed by atoms with Gasteiger partial charge in [-0.1, -0.05) is 67.9 Å². The lowest BCUT2D eigenvalue weighted by Crippen LogP contribution is -2.52. The van der Waals surface area contributed by atoms with Gasteiger partial charge < -0.3 is 15.4 Å². The van der Waals surface area contributed by atoms with Gasteiger partial charge in [-0.3, -0.25) is 14.5 Å². The molecule has 0 fully saturated rings. The number of carbonyl (C=O) groups is 3. The van der Waals surface area contributed by atoms with Crippen molar-refractivity contribution in [2.75, 3.05) is 5.75 Å². The summed E-state index contributed by atoms with van der Waals surface area (Å²) in [5.74, 6) is -1.13.